The van der Waals surface area contributed by atoms with Crippen molar-refractivity contribution in [1.82, 2.24) is 9.80 Å². The molecular formula is C21H32N2O4. The maximum Gasteiger partial charge on any atom is 0.410 e. The minimum absolute atomic E-state index is 0.145. The number of piperazine rings is 1. The van der Waals surface area contributed by atoms with Gasteiger partial charge in [-0.05, 0) is 44.9 Å². The Kier molecular flexibility index (Phi) is 7.25. The number of amides is 1. The van der Waals surface area contributed by atoms with Crippen LogP contribution in [0.4, 0.5) is 4.79 Å². The Morgan fingerprint density at radius 3 is 2.41 bits per heavy atom. The lowest BCUT2D eigenvalue weighted by Crippen LogP contribution is -2.55. The third-order valence-electron chi connectivity index (χ3n) is 4.69. The number of ether oxygens (including phenoxy) is 1. The van der Waals surface area contributed by atoms with Gasteiger partial charge in [0.2, 0.25) is 0 Å². The lowest BCUT2D eigenvalue weighted by atomic mass is 10.0. The van der Waals surface area contributed by atoms with Crippen molar-refractivity contribution in [3.63, 3.8) is 0 Å². The Hall–Kier alpha value is -2.08. The number of benzene rings is 1. The van der Waals surface area contributed by atoms with Crippen LogP contribution in [0.5, 0.6) is 0 Å². The van der Waals surface area contributed by atoms with E-state index in [-0.39, 0.29) is 12.1 Å². The summed E-state index contributed by atoms with van der Waals surface area (Å²) in [5, 5.41) is 9.02. The van der Waals surface area contributed by atoms with Gasteiger partial charge >= 0.3 is 12.1 Å². The van der Waals surface area contributed by atoms with E-state index in [1.807, 2.05) is 37.8 Å². The van der Waals surface area contributed by atoms with Gasteiger partial charge in [-0.25, -0.2) is 9.59 Å². The first-order valence-electron chi connectivity index (χ1n) is 9.74. The number of nitrogens with zero attached hydrogens (tertiary/aromatic N) is 2. The number of aromatic carboxylic acids is 1. The van der Waals surface area contributed by atoms with Crippen LogP contribution in [0.25, 0.3) is 0 Å². The molecule has 0 bridgehead atoms. The zero-order chi connectivity index (χ0) is 20.0. The molecule has 2 rings (SSSR count). The van der Waals surface area contributed by atoms with Crippen molar-refractivity contribution in [2.75, 3.05) is 19.6 Å². The lowest BCUT2D eigenvalue weighted by molar-refractivity contribution is -0.00410. The Morgan fingerprint density at radius 1 is 1.19 bits per heavy atom. The maximum absolute atomic E-state index is 12.6. The maximum atomic E-state index is 12.6. The number of carbonyl (C=O) groups excluding carboxylic acids is 1. The molecule has 1 saturated heterocycles. The molecule has 6 heteroatoms. The van der Waals surface area contributed by atoms with Crippen molar-refractivity contribution in [2.24, 2.45) is 0 Å². The zero-order valence-corrected chi connectivity index (χ0v) is 16.9. The number of rotatable bonds is 6. The first-order valence-corrected chi connectivity index (χ1v) is 9.74. The van der Waals surface area contributed by atoms with Crippen molar-refractivity contribution in [2.45, 2.75) is 65.1 Å². The second kappa shape index (κ2) is 9.22. The van der Waals surface area contributed by atoms with Crippen LogP contribution >= 0.6 is 0 Å². The Bertz CT molecular complexity index is 637. The molecule has 1 aliphatic heterocycles. The summed E-state index contributed by atoms with van der Waals surface area (Å²) in [5.74, 6) is -0.910. The van der Waals surface area contributed by atoms with Crippen LogP contribution in [-0.4, -0.2) is 58.2 Å². The van der Waals surface area contributed by atoms with E-state index in [1.165, 1.54) is 0 Å². The third kappa shape index (κ3) is 6.54. The molecule has 1 N–H and O–H groups in total. The van der Waals surface area contributed by atoms with Gasteiger partial charge < -0.3 is 14.7 Å². The Morgan fingerprint density at radius 2 is 1.85 bits per heavy atom. The molecule has 1 amide bonds. The van der Waals surface area contributed by atoms with Gasteiger partial charge in [-0.3, -0.25) is 4.90 Å². The quantitative estimate of drug-likeness (QED) is 0.813. The fourth-order valence-electron chi connectivity index (χ4n) is 3.32. The van der Waals surface area contributed by atoms with E-state index < -0.39 is 11.6 Å². The fourth-order valence-corrected chi connectivity index (χ4v) is 3.32. The van der Waals surface area contributed by atoms with E-state index in [9.17, 15) is 9.59 Å². The zero-order valence-electron chi connectivity index (χ0n) is 16.9. The van der Waals surface area contributed by atoms with Gasteiger partial charge in [0.15, 0.2) is 0 Å². The molecule has 6 nitrogen and oxygen atoms in total. The first kappa shape index (κ1) is 21.2. The molecule has 1 atom stereocenters. The average molecular weight is 376 g/mol. The third-order valence-corrected chi connectivity index (χ3v) is 4.69. The molecule has 1 heterocycles. The fraction of sp³-hybridized carbons (Fsp3) is 0.619. The van der Waals surface area contributed by atoms with E-state index >= 15 is 0 Å². The van der Waals surface area contributed by atoms with E-state index in [1.54, 1.807) is 12.1 Å². The highest BCUT2D eigenvalue weighted by atomic mass is 16.6. The standard InChI is InChI=1S/C21H32N2O4/c1-5-6-7-18-15-22(12-13-23(18)20(26)27-21(2,3)4)14-16-8-10-17(11-9-16)19(24)25/h8-11,18H,5-7,12-15H2,1-4H3,(H,24,25). The summed E-state index contributed by atoms with van der Waals surface area (Å²) >= 11 is 0. The lowest BCUT2D eigenvalue weighted by Gasteiger charge is -2.42. The van der Waals surface area contributed by atoms with Crippen molar-refractivity contribution in [1.29, 1.82) is 0 Å². The topological polar surface area (TPSA) is 70.1 Å². The molecule has 27 heavy (non-hydrogen) atoms. The monoisotopic (exact) mass is 376 g/mol. The second-order valence-electron chi connectivity index (χ2n) is 8.21. The summed E-state index contributed by atoms with van der Waals surface area (Å²) in [4.78, 5) is 27.8. The summed E-state index contributed by atoms with van der Waals surface area (Å²) in [6.45, 7) is 10.8. The molecule has 0 spiro atoms. The van der Waals surface area contributed by atoms with E-state index in [0.29, 0.717) is 12.1 Å². The smallest absolute Gasteiger partial charge is 0.410 e. The van der Waals surface area contributed by atoms with Crippen LogP contribution in [0.3, 0.4) is 0 Å². The highest BCUT2D eigenvalue weighted by Gasteiger charge is 2.32. The van der Waals surface area contributed by atoms with Crippen molar-refractivity contribution < 1.29 is 19.4 Å². The molecular weight excluding hydrogens is 344 g/mol. The normalized spacial score (nSPS) is 18.4. The molecule has 0 aromatic heterocycles. The largest absolute Gasteiger partial charge is 0.478 e. The van der Waals surface area contributed by atoms with Crippen LogP contribution in [-0.2, 0) is 11.3 Å². The average Bonchev–Trinajstić information content (AvgIpc) is 2.59. The molecule has 1 fully saturated rings. The highest BCUT2D eigenvalue weighted by Crippen LogP contribution is 2.21. The number of hydrogen-bond donors (Lipinski definition) is 1. The predicted octanol–water partition coefficient (Wildman–Crippen LogP) is 4.00. The molecule has 1 aromatic carbocycles. The number of carboxylic acid groups (broad SMARTS) is 1. The van der Waals surface area contributed by atoms with Gasteiger partial charge in [0.05, 0.1) is 5.56 Å². The van der Waals surface area contributed by atoms with Gasteiger partial charge in [-0.1, -0.05) is 31.9 Å². The van der Waals surface area contributed by atoms with Crippen LogP contribution < -0.4 is 0 Å². The summed E-state index contributed by atoms with van der Waals surface area (Å²) in [6.07, 6.45) is 2.90. The number of carboxylic acids is 1. The second-order valence-corrected chi connectivity index (χ2v) is 8.21. The van der Waals surface area contributed by atoms with Gasteiger partial charge in [-0.15, -0.1) is 0 Å². The molecule has 1 unspecified atom stereocenters. The van der Waals surface area contributed by atoms with Crippen LogP contribution in [0.2, 0.25) is 0 Å². The number of hydrogen-bond acceptors (Lipinski definition) is 4. The number of unbranched alkanes of at least 4 members (excludes halogenated alkanes) is 1. The SMILES string of the molecule is CCCCC1CN(Cc2ccc(C(=O)O)cc2)CCN1C(=O)OC(C)(C)C. The molecule has 1 aromatic rings. The van der Waals surface area contributed by atoms with Crippen molar-refractivity contribution in [3.05, 3.63) is 35.4 Å². The minimum Gasteiger partial charge on any atom is -0.478 e. The Balaban J connectivity index is 2.01. The minimum atomic E-state index is -0.910. The van der Waals surface area contributed by atoms with E-state index in [0.717, 1.165) is 44.5 Å². The van der Waals surface area contributed by atoms with Gasteiger partial charge in [0.25, 0.3) is 0 Å². The summed E-state index contributed by atoms with van der Waals surface area (Å²) in [6, 6.07) is 7.16. The highest BCUT2D eigenvalue weighted by molar-refractivity contribution is 5.87. The van der Waals surface area contributed by atoms with E-state index in [2.05, 4.69) is 11.8 Å². The molecule has 0 aliphatic carbocycles. The summed E-state index contributed by atoms with van der Waals surface area (Å²) in [5.41, 5.74) is 0.893. The predicted molar refractivity (Wildman–Crippen MR) is 105 cm³/mol. The molecule has 0 radical (unpaired) electrons. The molecule has 150 valence electrons. The number of carbonyl (C=O) groups is 2. The van der Waals surface area contributed by atoms with Crippen LogP contribution in [0.1, 0.15) is 62.9 Å². The molecule has 1 aliphatic rings. The van der Waals surface area contributed by atoms with Crippen LogP contribution in [0.15, 0.2) is 24.3 Å². The summed E-state index contributed by atoms with van der Waals surface area (Å²) in [7, 11) is 0. The van der Waals surface area contributed by atoms with Crippen molar-refractivity contribution in [3.8, 4) is 0 Å². The van der Waals surface area contributed by atoms with Gasteiger partial charge in [0.1, 0.15) is 5.60 Å². The molecule has 0 saturated carbocycles. The van der Waals surface area contributed by atoms with E-state index in [4.69, 9.17) is 9.84 Å². The first-order chi connectivity index (χ1) is 12.7. The van der Waals surface area contributed by atoms with Gasteiger partial charge in [-0.2, -0.15) is 0 Å². The van der Waals surface area contributed by atoms with Crippen molar-refractivity contribution >= 4 is 12.1 Å². The van der Waals surface area contributed by atoms with Gasteiger partial charge in [0, 0.05) is 32.2 Å². The van der Waals surface area contributed by atoms with Crippen LogP contribution in [0, 0.1) is 0 Å². The Labute approximate surface area is 162 Å². The summed E-state index contributed by atoms with van der Waals surface area (Å²) < 4.78 is 5.59.